The summed E-state index contributed by atoms with van der Waals surface area (Å²) in [5.41, 5.74) is 2.20. The monoisotopic (exact) mass is 459 g/mol. The van der Waals surface area contributed by atoms with Gasteiger partial charge in [-0.2, -0.15) is 11.8 Å². The van der Waals surface area contributed by atoms with Crippen molar-refractivity contribution in [3.8, 4) is 0 Å². The summed E-state index contributed by atoms with van der Waals surface area (Å²) < 4.78 is 2.30. The number of carbonyl (C=O) groups excluding carboxylic acids is 1. The van der Waals surface area contributed by atoms with E-state index >= 15 is 0 Å². The van der Waals surface area contributed by atoms with Crippen LogP contribution in [0.3, 0.4) is 0 Å². The molecule has 31 heavy (non-hydrogen) atoms. The van der Waals surface area contributed by atoms with Crippen LogP contribution in [-0.4, -0.2) is 44.6 Å². The third kappa shape index (κ3) is 5.49. The van der Waals surface area contributed by atoms with Crippen LogP contribution in [-0.2, 0) is 11.2 Å². The molecule has 1 atom stereocenters. The second-order valence-electron chi connectivity index (χ2n) is 7.47. The zero-order valence-electron chi connectivity index (χ0n) is 18.1. The Morgan fingerprint density at radius 1 is 1.26 bits per heavy atom. The molecule has 2 heterocycles. The molecule has 6 nitrogen and oxygen atoms in total. The molecule has 0 aliphatic heterocycles. The van der Waals surface area contributed by atoms with Crippen LogP contribution < -0.4 is 5.32 Å². The van der Waals surface area contributed by atoms with E-state index in [9.17, 15) is 14.7 Å². The van der Waals surface area contributed by atoms with Gasteiger partial charge in [0, 0.05) is 22.9 Å². The number of amides is 1. The summed E-state index contributed by atoms with van der Waals surface area (Å²) in [6.07, 6.45) is 5.05. The van der Waals surface area contributed by atoms with Crippen LogP contribution in [0.5, 0.6) is 0 Å². The van der Waals surface area contributed by atoms with E-state index in [1.165, 1.54) is 4.88 Å². The predicted octanol–water partition coefficient (Wildman–Crippen LogP) is 4.99. The Hall–Kier alpha value is -2.32. The van der Waals surface area contributed by atoms with E-state index in [0.717, 1.165) is 36.1 Å². The number of carboxylic acid groups (broad SMARTS) is 1. The molecule has 2 aromatic heterocycles. The van der Waals surface area contributed by atoms with E-state index in [4.69, 9.17) is 4.98 Å². The average Bonchev–Trinajstić information content (AvgIpc) is 3.39. The Bertz CT molecular complexity index is 1030. The van der Waals surface area contributed by atoms with Crippen LogP contribution in [0.2, 0.25) is 0 Å². The molecule has 3 aromatic rings. The molecule has 166 valence electrons. The number of rotatable bonds is 11. The minimum atomic E-state index is -1.01. The van der Waals surface area contributed by atoms with E-state index in [0.29, 0.717) is 23.8 Å². The van der Waals surface area contributed by atoms with Crippen molar-refractivity contribution in [2.75, 3.05) is 12.0 Å². The standard InChI is InChI=1S/C23H29N3O3S2/c1-4-16(5-2)26-20-9-8-15(22(27)25-18(23(28)29)10-12-30-3)13-19(20)24-21(26)14-17-7-6-11-31-17/h6-9,11,13,16,18H,4-5,10,12,14H2,1-3H3,(H,25,27)(H,28,29). The van der Waals surface area contributed by atoms with Gasteiger partial charge in [0.15, 0.2) is 0 Å². The lowest BCUT2D eigenvalue weighted by Crippen LogP contribution is -2.41. The molecular weight excluding hydrogens is 430 g/mol. The molecule has 0 spiro atoms. The first-order chi connectivity index (χ1) is 15.0. The van der Waals surface area contributed by atoms with E-state index in [2.05, 4.69) is 35.2 Å². The van der Waals surface area contributed by atoms with E-state index in [-0.39, 0.29) is 5.91 Å². The molecular formula is C23H29N3O3S2. The van der Waals surface area contributed by atoms with Crippen molar-refractivity contribution in [1.82, 2.24) is 14.9 Å². The predicted molar refractivity (Wildman–Crippen MR) is 128 cm³/mol. The van der Waals surface area contributed by atoms with Crippen molar-refractivity contribution in [2.45, 2.75) is 51.6 Å². The Morgan fingerprint density at radius 3 is 2.65 bits per heavy atom. The number of carboxylic acids is 1. The van der Waals surface area contributed by atoms with Gasteiger partial charge < -0.3 is 15.0 Å². The highest BCUT2D eigenvalue weighted by Crippen LogP contribution is 2.28. The average molecular weight is 460 g/mol. The van der Waals surface area contributed by atoms with Crippen LogP contribution in [0.15, 0.2) is 35.7 Å². The van der Waals surface area contributed by atoms with Crippen LogP contribution in [0.4, 0.5) is 0 Å². The van der Waals surface area contributed by atoms with Crippen LogP contribution in [0, 0.1) is 0 Å². The van der Waals surface area contributed by atoms with Crippen molar-refractivity contribution in [3.05, 3.63) is 52.0 Å². The maximum Gasteiger partial charge on any atom is 0.326 e. The number of nitrogens with zero attached hydrogens (tertiary/aromatic N) is 2. The van der Waals surface area contributed by atoms with Gasteiger partial charge in [0.2, 0.25) is 0 Å². The fourth-order valence-electron chi connectivity index (χ4n) is 3.78. The van der Waals surface area contributed by atoms with Crippen molar-refractivity contribution in [3.63, 3.8) is 0 Å². The smallest absolute Gasteiger partial charge is 0.326 e. The number of carbonyl (C=O) groups is 2. The minimum Gasteiger partial charge on any atom is -0.480 e. The molecule has 2 N–H and O–H groups in total. The number of thiophene rings is 1. The maximum atomic E-state index is 12.7. The normalized spacial score (nSPS) is 12.4. The molecule has 0 radical (unpaired) electrons. The first kappa shape index (κ1) is 23.3. The van der Waals surface area contributed by atoms with E-state index in [1.54, 1.807) is 35.2 Å². The van der Waals surface area contributed by atoms with Gasteiger partial charge in [-0.15, -0.1) is 11.3 Å². The summed E-state index contributed by atoms with van der Waals surface area (Å²) in [6.45, 7) is 4.36. The summed E-state index contributed by atoms with van der Waals surface area (Å²) in [5.74, 6) is 0.265. The number of aliphatic carboxylic acids is 1. The van der Waals surface area contributed by atoms with Gasteiger partial charge in [-0.1, -0.05) is 19.9 Å². The molecule has 8 heteroatoms. The Balaban J connectivity index is 1.94. The molecule has 1 aromatic carbocycles. The zero-order valence-corrected chi connectivity index (χ0v) is 19.8. The first-order valence-corrected chi connectivity index (χ1v) is 12.8. The molecule has 0 aliphatic rings. The Morgan fingerprint density at radius 2 is 2.03 bits per heavy atom. The van der Waals surface area contributed by atoms with Gasteiger partial charge in [-0.3, -0.25) is 4.79 Å². The van der Waals surface area contributed by atoms with Crippen LogP contribution >= 0.6 is 23.1 Å². The summed E-state index contributed by atoms with van der Waals surface area (Å²) >= 11 is 3.27. The number of hydrogen-bond donors (Lipinski definition) is 2. The van der Waals surface area contributed by atoms with Gasteiger partial charge >= 0.3 is 5.97 Å². The molecule has 0 bridgehead atoms. The van der Waals surface area contributed by atoms with Crippen molar-refractivity contribution in [2.24, 2.45) is 0 Å². The fourth-order valence-corrected chi connectivity index (χ4v) is 4.95. The number of aromatic nitrogens is 2. The molecule has 0 fully saturated rings. The Labute approximate surface area is 191 Å². The van der Waals surface area contributed by atoms with E-state index in [1.807, 2.05) is 18.4 Å². The minimum absolute atomic E-state index is 0.336. The van der Waals surface area contributed by atoms with Gasteiger partial charge in [0.1, 0.15) is 11.9 Å². The van der Waals surface area contributed by atoms with Crippen LogP contribution in [0.25, 0.3) is 11.0 Å². The number of thioether (sulfide) groups is 1. The van der Waals surface area contributed by atoms with Gasteiger partial charge in [-0.25, -0.2) is 9.78 Å². The maximum absolute atomic E-state index is 12.7. The largest absolute Gasteiger partial charge is 0.480 e. The number of benzene rings is 1. The Kier molecular flexibility index (Phi) is 8.15. The summed E-state index contributed by atoms with van der Waals surface area (Å²) in [6, 6.07) is 9.07. The highest BCUT2D eigenvalue weighted by atomic mass is 32.2. The van der Waals surface area contributed by atoms with Crippen molar-refractivity contribution in [1.29, 1.82) is 0 Å². The highest BCUT2D eigenvalue weighted by molar-refractivity contribution is 7.98. The summed E-state index contributed by atoms with van der Waals surface area (Å²) in [4.78, 5) is 30.4. The number of imidazole rings is 1. The number of nitrogens with one attached hydrogen (secondary N) is 1. The quantitative estimate of drug-likeness (QED) is 0.422. The summed E-state index contributed by atoms with van der Waals surface area (Å²) in [7, 11) is 0. The van der Waals surface area contributed by atoms with Gasteiger partial charge in [0.25, 0.3) is 5.91 Å². The van der Waals surface area contributed by atoms with E-state index < -0.39 is 12.0 Å². The molecule has 3 rings (SSSR count). The zero-order chi connectivity index (χ0) is 22.4. The van der Waals surface area contributed by atoms with Gasteiger partial charge in [0.05, 0.1) is 11.0 Å². The second-order valence-corrected chi connectivity index (χ2v) is 9.49. The molecule has 1 amide bonds. The first-order valence-electron chi connectivity index (χ1n) is 10.5. The molecule has 0 saturated heterocycles. The second kappa shape index (κ2) is 10.8. The highest BCUT2D eigenvalue weighted by Gasteiger charge is 2.22. The number of hydrogen-bond acceptors (Lipinski definition) is 5. The molecule has 1 unspecified atom stereocenters. The molecule has 0 saturated carbocycles. The lowest BCUT2D eigenvalue weighted by molar-refractivity contribution is -0.139. The third-order valence-electron chi connectivity index (χ3n) is 5.46. The molecule has 0 aliphatic carbocycles. The topological polar surface area (TPSA) is 84.2 Å². The number of fused-ring (bicyclic) bond motifs is 1. The van der Waals surface area contributed by atoms with Gasteiger partial charge in [-0.05, 0) is 60.9 Å². The van der Waals surface area contributed by atoms with Crippen LogP contribution in [0.1, 0.15) is 60.2 Å². The third-order valence-corrected chi connectivity index (χ3v) is 6.98. The fraction of sp³-hybridized carbons (Fsp3) is 0.435. The SMILES string of the molecule is CCC(CC)n1c(Cc2cccs2)nc2cc(C(=O)NC(CCSC)C(=O)O)ccc21. The van der Waals surface area contributed by atoms with Crippen molar-refractivity contribution < 1.29 is 14.7 Å². The lowest BCUT2D eigenvalue weighted by Gasteiger charge is -2.19. The summed E-state index contributed by atoms with van der Waals surface area (Å²) in [5, 5.41) is 14.1. The van der Waals surface area contributed by atoms with Crippen molar-refractivity contribution >= 4 is 46.0 Å². The lowest BCUT2D eigenvalue weighted by atomic mass is 10.1.